The van der Waals surface area contributed by atoms with Gasteiger partial charge in [0.05, 0.1) is 0 Å². The standard InChI is InChI=1S/C15H16BrN3O/c1-10-8-12(16)9-17-14(10)18-15(20)11-4-6-13(7-5-11)19(2)3/h4-9H,1-3H3,(H,17,18,20). The van der Waals surface area contributed by atoms with Gasteiger partial charge in [-0.05, 0) is 58.7 Å². The van der Waals surface area contributed by atoms with Gasteiger partial charge in [-0.3, -0.25) is 4.79 Å². The van der Waals surface area contributed by atoms with Crippen LogP contribution < -0.4 is 10.2 Å². The summed E-state index contributed by atoms with van der Waals surface area (Å²) in [6.07, 6.45) is 1.66. The first-order chi connectivity index (χ1) is 9.47. The van der Waals surface area contributed by atoms with E-state index in [-0.39, 0.29) is 5.91 Å². The topological polar surface area (TPSA) is 45.2 Å². The van der Waals surface area contributed by atoms with Crippen molar-refractivity contribution >= 4 is 33.3 Å². The Morgan fingerprint density at radius 1 is 1.25 bits per heavy atom. The van der Waals surface area contributed by atoms with Crippen molar-refractivity contribution in [3.05, 3.63) is 52.1 Å². The molecule has 5 heteroatoms. The third-order valence-electron chi connectivity index (χ3n) is 2.92. The molecule has 0 atom stereocenters. The smallest absolute Gasteiger partial charge is 0.256 e. The number of hydrogen-bond donors (Lipinski definition) is 1. The van der Waals surface area contributed by atoms with Gasteiger partial charge in [-0.2, -0.15) is 0 Å². The monoisotopic (exact) mass is 333 g/mol. The number of carbonyl (C=O) groups excluding carboxylic acids is 1. The second-order valence-corrected chi connectivity index (χ2v) is 5.63. The van der Waals surface area contributed by atoms with E-state index in [2.05, 4.69) is 26.2 Å². The molecule has 0 saturated heterocycles. The number of hydrogen-bond acceptors (Lipinski definition) is 3. The second-order valence-electron chi connectivity index (χ2n) is 4.71. The van der Waals surface area contributed by atoms with Crippen LogP contribution in [0.1, 0.15) is 15.9 Å². The van der Waals surface area contributed by atoms with Crippen LogP contribution in [0.2, 0.25) is 0 Å². The molecule has 104 valence electrons. The van der Waals surface area contributed by atoms with Crippen LogP contribution in [0.4, 0.5) is 11.5 Å². The van der Waals surface area contributed by atoms with Crippen molar-refractivity contribution in [2.45, 2.75) is 6.92 Å². The van der Waals surface area contributed by atoms with Crippen LogP contribution in [0.5, 0.6) is 0 Å². The Labute approximate surface area is 127 Å². The summed E-state index contributed by atoms with van der Waals surface area (Å²) >= 11 is 3.35. The second kappa shape index (κ2) is 6.05. The lowest BCUT2D eigenvalue weighted by Crippen LogP contribution is -2.14. The third kappa shape index (κ3) is 3.36. The van der Waals surface area contributed by atoms with Crippen LogP contribution in [0.15, 0.2) is 41.0 Å². The van der Waals surface area contributed by atoms with E-state index in [0.29, 0.717) is 11.4 Å². The zero-order valence-corrected chi connectivity index (χ0v) is 13.2. The van der Waals surface area contributed by atoms with E-state index < -0.39 is 0 Å². The van der Waals surface area contributed by atoms with Gasteiger partial charge < -0.3 is 10.2 Å². The first kappa shape index (κ1) is 14.5. The number of benzene rings is 1. The Morgan fingerprint density at radius 2 is 1.90 bits per heavy atom. The number of amides is 1. The van der Waals surface area contributed by atoms with Crippen LogP contribution in [0, 0.1) is 6.92 Å². The fourth-order valence-corrected chi connectivity index (χ4v) is 2.21. The zero-order valence-electron chi connectivity index (χ0n) is 11.6. The maximum Gasteiger partial charge on any atom is 0.256 e. The first-order valence-electron chi connectivity index (χ1n) is 6.18. The lowest BCUT2D eigenvalue weighted by Gasteiger charge is -2.13. The molecule has 0 unspecified atom stereocenters. The largest absolute Gasteiger partial charge is 0.378 e. The van der Waals surface area contributed by atoms with Gasteiger partial charge in [0.25, 0.3) is 5.91 Å². The molecule has 0 aliphatic carbocycles. The van der Waals surface area contributed by atoms with Gasteiger partial charge in [0.2, 0.25) is 0 Å². The van der Waals surface area contributed by atoms with E-state index in [1.165, 1.54) is 0 Å². The molecule has 1 aromatic heterocycles. The molecule has 1 N–H and O–H groups in total. The molecular weight excluding hydrogens is 318 g/mol. The average molecular weight is 334 g/mol. The number of nitrogens with one attached hydrogen (secondary N) is 1. The van der Waals surface area contributed by atoms with Crippen molar-refractivity contribution in [2.24, 2.45) is 0 Å². The summed E-state index contributed by atoms with van der Waals surface area (Å²) in [6, 6.07) is 9.35. The number of nitrogens with zero attached hydrogens (tertiary/aromatic N) is 2. The molecule has 2 rings (SSSR count). The van der Waals surface area contributed by atoms with Crippen LogP contribution in [0.25, 0.3) is 0 Å². The lowest BCUT2D eigenvalue weighted by molar-refractivity contribution is 0.102. The molecule has 0 aliphatic rings. The highest BCUT2D eigenvalue weighted by Crippen LogP contribution is 2.18. The van der Waals surface area contributed by atoms with Crippen molar-refractivity contribution in [1.29, 1.82) is 0 Å². The summed E-state index contributed by atoms with van der Waals surface area (Å²) in [5, 5.41) is 2.82. The average Bonchev–Trinajstić information content (AvgIpc) is 2.42. The molecule has 1 heterocycles. The molecule has 0 fully saturated rings. The molecule has 0 bridgehead atoms. The van der Waals surface area contributed by atoms with Gasteiger partial charge in [0.15, 0.2) is 0 Å². The maximum atomic E-state index is 12.2. The van der Waals surface area contributed by atoms with E-state index in [4.69, 9.17) is 0 Å². The lowest BCUT2D eigenvalue weighted by atomic mass is 10.2. The minimum atomic E-state index is -0.159. The van der Waals surface area contributed by atoms with E-state index >= 15 is 0 Å². The molecule has 1 amide bonds. The summed E-state index contributed by atoms with van der Waals surface area (Å²) in [6.45, 7) is 1.91. The van der Waals surface area contributed by atoms with E-state index in [9.17, 15) is 4.79 Å². The van der Waals surface area contributed by atoms with Crippen molar-refractivity contribution in [3.63, 3.8) is 0 Å². The maximum absolute atomic E-state index is 12.2. The van der Waals surface area contributed by atoms with Gasteiger partial charge in [-0.1, -0.05) is 0 Å². The van der Waals surface area contributed by atoms with Gasteiger partial charge in [-0.15, -0.1) is 0 Å². The third-order valence-corrected chi connectivity index (χ3v) is 3.36. The van der Waals surface area contributed by atoms with Crippen LogP contribution >= 0.6 is 15.9 Å². The molecule has 0 radical (unpaired) electrons. The highest BCUT2D eigenvalue weighted by atomic mass is 79.9. The highest BCUT2D eigenvalue weighted by Gasteiger charge is 2.09. The predicted molar refractivity (Wildman–Crippen MR) is 85.4 cm³/mol. The molecule has 4 nitrogen and oxygen atoms in total. The van der Waals surface area contributed by atoms with Gasteiger partial charge in [0, 0.05) is 36.0 Å². The van der Waals surface area contributed by atoms with E-state index in [1.54, 1.807) is 18.3 Å². The molecule has 2 aromatic rings. The number of pyridine rings is 1. The number of halogens is 1. The summed E-state index contributed by atoms with van der Waals surface area (Å²) in [5.41, 5.74) is 2.58. The van der Waals surface area contributed by atoms with Crippen molar-refractivity contribution in [2.75, 3.05) is 24.3 Å². The van der Waals surface area contributed by atoms with Crippen molar-refractivity contribution in [3.8, 4) is 0 Å². The van der Waals surface area contributed by atoms with Crippen LogP contribution in [0.3, 0.4) is 0 Å². The quantitative estimate of drug-likeness (QED) is 0.935. The molecular formula is C15H16BrN3O. The van der Waals surface area contributed by atoms with Crippen LogP contribution in [-0.4, -0.2) is 25.0 Å². The van der Waals surface area contributed by atoms with Gasteiger partial charge in [0.1, 0.15) is 5.82 Å². The fraction of sp³-hybridized carbons (Fsp3) is 0.200. The predicted octanol–water partition coefficient (Wildman–Crippen LogP) is 3.47. The number of rotatable bonds is 3. The Morgan fingerprint density at radius 3 is 2.45 bits per heavy atom. The Hall–Kier alpha value is -1.88. The molecule has 1 aromatic carbocycles. The van der Waals surface area contributed by atoms with Crippen molar-refractivity contribution in [1.82, 2.24) is 4.98 Å². The minimum absolute atomic E-state index is 0.159. The van der Waals surface area contributed by atoms with Crippen molar-refractivity contribution < 1.29 is 4.79 Å². The zero-order chi connectivity index (χ0) is 14.7. The number of aromatic nitrogens is 1. The van der Waals surface area contributed by atoms with Gasteiger partial charge >= 0.3 is 0 Å². The Kier molecular flexibility index (Phi) is 4.39. The number of carbonyl (C=O) groups is 1. The summed E-state index contributed by atoms with van der Waals surface area (Å²) in [4.78, 5) is 18.3. The molecule has 0 aliphatic heterocycles. The normalized spacial score (nSPS) is 10.2. The van der Waals surface area contributed by atoms with E-state index in [1.807, 2.05) is 44.1 Å². The fourth-order valence-electron chi connectivity index (χ4n) is 1.76. The summed E-state index contributed by atoms with van der Waals surface area (Å²) < 4.78 is 0.892. The van der Waals surface area contributed by atoms with Gasteiger partial charge in [-0.25, -0.2) is 4.98 Å². The van der Waals surface area contributed by atoms with E-state index in [0.717, 1.165) is 15.7 Å². The molecule has 0 saturated carbocycles. The highest BCUT2D eigenvalue weighted by molar-refractivity contribution is 9.10. The summed E-state index contributed by atoms with van der Waals surface area (Å²) in [5.74, 6) is 0.420. The number of anilines is 2. The van der Waals surface area contributed by atoms with Crippen LogP contribution in [-0.2, 0) is 0 Å². The molecule has 20 heavy (non-hydrogen) atoms. The minimum Gasteiger partial charge on any atom is -0.378 e. The first-order valence-corrected chi connectivity index (χ1v) is 6.97. The number of aryl methyl sites for hydroxylation is 1. The molecule has 0 spiro atoms. The summed E-state index contributed by atoms with van der Waals surface area (Å²) in [7, 11) is 3.92. The Balaban J connectivity index is 2.15. The Bertz CT molecular complexity index is 624. The SMILES string of the molecule is Cc1cc(Br)cnc1NC(=O)c1ccc(N(C)C)cc1.